The first kappa shape index (κ1) is 11.8. The van der Waals surface area contributed by atoms with Crippen LogP contribution in [-0.2, 0) is 0 Å². The fourth-order valence-corrected chi connectivity index (χ4v) is 2.08. The van der Waals surface area contributed by atoms with Gasteiger partial charge in [0.1, 0.15) is 5.69 Å². The van der Waals surface area contributed by atoms with E-state index in [1.54, 1.807) is 0 Å². The van der Waals surface area contributed by atoms with Crippen molar-refractivity contribution in [1.82, 2.24) is 15.1 Å². The van der Waals surface area contributed by atoms with Crippen LogP contribution in [0.3, 0.4) is 0 Å². The number of hydrogen-bond donors (Lipinski definition) is 1. The van der Waals surface area contributed by atoms with Crippen molar-refractivity contribution < 1.29 is 4.79 Å². The second kappa shape index (κ2) is 5.61. The predicted octanol–water partition coefficient (Wildman–Crippen LogP) is 1.18. The van der Waals surface area contributed by atoms with Crippen molar-refractivity contribution in [2.75, 3.05) is 13.1 Å². The average Bonchev–Trinajstić information content (AvgIpc) is 2.29. The molecular weight excluding hydrogens is 218 g/mol. The lowest BCUT2D eigenvalue weighted by Crippen LogP contribution is -2.34. The van der Waals surface area contributed by atoms with Crippen molar-refractivity contribution in [2.24, 2.45) is 0 Å². The third kappa shape index (κ3) is 3.15. The highest BCUT2D eigenvalue weighted by molar-refractivity contribution is 5.92. The van der Waals surface area contributed by atoms with Gasteiger partial charge in [0.05, 0.1) is 0 Å². The zero-order chi connectivity index (χ0) is 12.1. The molecule has 1 fully saturated rings. The van der Waals surface area contributed by atoms with E-state index in [1.807, 2.05) is 4.90 Å². The monoisotopic (exact) mass is 235 g/mol. The van der Waals surface area contributed by atoms with Crippen molar-refractivity contribution in [2.45, 2.75) is 32.1 Å². The molecule has 2 rings (SSSR count). The van der Waals surface area contributed by atoms with Crippen LogP contribution in [0.5, 0.6) is 0 Å². The Hall–Kier alpha value is -1.65. The fourth-order valence-electron chi connectivity index (χ4n) is 2.08. The lowest BCUT2D eigenvalue weighted by atomic mass is 10.1. The highest BCUT2D eigenvalue weighted by Gasteiger charge is 2.17. The molecule has 1 aromatic rings. The summed E-state index contributed by atoms with van der Waals surface area (Å²) in [6.07, 6.45) is 5.73. The van der Waals surface area contributed by atoms with Gasteiger partial charge in [-0.15, -0.1) is 0 Å². The highest BCUT2D eigenvalue weighted by Crippen LogP contribution is 2.12. The minimum absolute atomic E-state index is 0.0804. The Bertz CT molecular complexity index is 413. The molecule has 92 valence electrons. The topological polar surface area (TPSA) is 66.1 Å². The van der Waals surface area contributed by atoms with Gasteiger partial charge in [-0.25, -0.2) is 5.10 Å². The van der Waals surface area contributed by atoms with Crippen molar-refractivity contribution >= 4 is 5.91 Å². The molecule has 1 aromatic heterocycles. The third-order valence-corrected chi connectivity index (χ3v) is 3.04. The second-order valence-electron chi connectivity index (χ2n) is 4.37. The SMILES string of the molecule is O=C(c1ccc(=O)[nH]n1)N1CCCCCCC1. The van der Waals surface area contributed by atoms with Crippen LogP contribution in [-0.4, -0.2) is 34.1 Å². The summed E-state index contributed by atoms with van der Waals surface area (Å²) in [5.41, 5.74) is 0.0411. The molecule has 5 heteroatoms. The summed E-state index contributed by atoms with van der Waals surface area (Å²) >= 11 is 0. The third-order valence-electron chi connectivity index (χ3n) is 3.04. The van der Waals surface area contributed by atoms with Gasteiger partial charge < -0.3 is 4.90 Å². The van der Waals surface area contributed by atoms with Gasteiger partial charge in [-0.2, -0.15) is 5.10 Å². The number of hydrogen-bond acceptors (Lipinski definition) is 3. The Morgan fingerprint density at radius 3 is 2.35 bits per heavy atom. The molecule has 0 aliphatic carbocycles. The standard InChI is InChI=1S/C12H17N3O2/c16-11-7-6-10(13-14-11)12(17)15-8-4-2-1-3-5-9-15/h6-7H,1-5,8-9H2,(H,14,16). The Morgan fingerprint density at radius 2 is 1.76 bits per heavy atom. The molecule has 5 nitrogen and oxygen atoms in total. The summed E-state index contributed by atoms with van der Waals surface area (Å²) in [6, 6.07) is 2.82. The molecule has 1 aliphatic rings. The predicted molar refractivity (Wildman–Crippen MR) is 63.8 cm³/mol. The van der Waals surface area contributed by atoms with E-state index in [2.05, 4.69) is 10.2 Å². The van der Waals surface area contributed by atoms with Crippen LogP contribution in [0.15, 0.2) is 16.9 Å². The zero-order valence-corrected chi connectivity index (χ0v) is 9.82. The van der Waals surface area contributed by atoms with E-state index in [9.17, 15) is 9.59 Å². The minimum Gasteiger partial charge on any atom is -0.337 e. The van der Waals surface area contributed by atoms with Gasteiger partial charge in [0.25, 0.3) is 11.5 Å². The van der Waals surface area contributed by atoms with E-state index in [1.165, 1.54) is 31.4 Å². The van der Waals surface area contributed by atoms with Gasteiger partial charge in [-0.1, -0.05) is 19.3 Å². The van der Waals surface area contributed by atoms with Crippen LogP contribution in [0.4, 0.5) is 0 Å². The Balaban J connectivity index is 2.06. The number of H-pyrrole nitrogens is 1. The maximum Gasteiger partial charge on any atom is 0.274 e. The molecule has 0 atom stereocenters. The number of amides is 1. The van der Waals surface area contributed by atoms with Crippen LogP contribution in [0, 0.1) is 0 Å². The van der Waals surface area contributed by atoms with Gasteiger partial charge in [-0.05, 0) is 18.9 Å². The van der Waals surface area contributed by atoms with Gasteiger partial charge in [-0.3, -0.25) is 9.59 Å². The van der Waals surface area contributed by atoms with E-state index < -0.39 is 0 Å². The zero-order valence-electron chi connectivity index (χ0n) is 9.82. The first-order valence-corrected chi connectivity index (χ1v) is 6.12. The van der Waals surface area contributed by atoms with Crippen molar-refractivity contribution in [1.29, 1.82) is 0 Å². The molecule has 1 saturated heterocycles. The molecule has 0 radical (unpaired) electrons. The molecule has 1 amide bonds. The second-order valence-corrected chi connectivity index (χ2v) is 4.37. The number of rotatable bonds is 1. The summed E-state index contributed by atoms with van der Waals surface area (Å²) in [5.74, 6) is -0.0804. The van der Waals surface area contributed by atoms with E-state index in [-0.39, 0.29) is 11.5 Å². The van der Waals surface area contributed by atoms with Crippen molar-refractivity contribution in [3.8, 4) is 0 Å². The molecule has 1 aliphatic heterocycles. The van der Waals surface area contributed by atoms with Crippen LogP contribution in [0.25, 0.3) is 0 Å². The molecule has 0 unspecified atom stereocenters. The van der Waals surface area contributed by atoms with Crippen molar-refractivity contribution in [3.63, 3.8) is 0 Å². The summed E-state index contributed by atoms with van der Waals surface area (Å²) in [5, 5.41) is 6.07. The van der Waals surface area contributed by atoms with Crippen LogP contribution in [0.1, 0.15) is 42.6 Å². The largest absolute Gasteiger partial charge is 0.337 e. The molecule has 0 aromatic carbocycles. The Morgan fingerprint density at radius 1 is 1.12 bits per heavy atom. The number of aromatic nitrogens is 2. The van der Waals surface area contributed by atoms with Gasteiger partial charge in [0, 0.05) is 19.2 Å². The maximum atomic E-state index is 12.1. The molecule has 17 heavy (non-hydrogen) atoms. The molecule has 0 spiro atoms. The Labute approximate surface area is 99.8 Å². The molecule has 1 N–H and O–H groups in total. The quantitative estimate of drug-likeness (QED) is 0.794. The molecule has 0 bridgehead atoms. The van der Waals surface area contributed by atoms with E-state index in [4.69, 9.17) is 0 Å². The molecule has 0 saturated carbocycles. The number of likely N-dealkylation sites (tertiary alicyclic amines) is 1. The fraction of sp³-hybridized carbons (Fsp3) is 0.583. The lowest BCUT2D eigenvalue weighted by Gasteiger charge is -2.24. The van der Waals surface area contributed by atoms with E-state index >= 15 is 0 Å². The normalized spacial score (nSPS) is 17.3. The Kier molecular flexibility index (Phi) is 3.90. The molecular formula is C12H17N3O2. The number of aromatic amines is 1. The van der Waals surface area contributed by atoms with Crippen LogP contribution < -0.4 is 5.56 Å². The summed E-state index contributed by atoms with van der Waals surface area (Å²) in [4.78, 5) is 24.8. The van der Waals surface area contributed by atoms with Gasteiger partial charge in [0.15, 0.2) is 0 Å². The molecule has 2 heterocycles. The smallest absolute Gasteiger partial charge is 0.274 e. The summed E-state index contributed by atoms with van der Waals surface area (Å²) < 4.78 is 0. The minimum atomic E-state index is -0.283. The highest BCUT2D eigenvalue weighted by atomic mass is 16.2. The number of nitrogens with zero attached hydrogens (tertiary/aromatic N) is 2. The first-order chi connectivity index (χ1) is 8.27. The van der Waals surface area contributed by atoms with E-state index in [0.717, 1.165) is 25.9 Å². The average molecular weight is 235 g/mol. The number of carbonyl (C=O) groups is 1. The summed E-state index contributed by atoms with van der Waals surface area (Å²) in [7, 11) is 0. The lowest BCUT2D eigenvalue weighted by molar-refractivity contribution is 0.0735. The van der Waals surface area contributed by atoms with E-state index in [0.29, 0.717) is 5.69 Å². The van der Waals surface area contributed by atoms with Crippen molar-refractivity contribution in [3.05, 3.63) is 28.2 Å². The number of nitrogens with one attached hydrogen (secondary N) is 1. The van der Waals surface area contributed by atoms with Crippen LogP contribution >= 0.6 is 0 Å². The summed E-state index contributed by atoms with van der Waals surface area (Å²) in [6.45, 7) is 1.58. The van der Waals surface area contributed by atoms with Gasteiger partial charge in [0.2, 0.25) is 0 Å². The number of carbonyl (C=O) groups excluding carboxylic acids is 1. The first-order valence-electron chi connectivity index (χ1n) is 6.12. The van der Waals surface area contributed by atoms with Crippen LogP contribution in [0.2, 0.25) is 0 Å². The maximum absolute atomic E-state index is 12.1. The van der Waals surface area contributed by atoms with Gasteiger partial charge >= 0.3 is 0 Å².